The summed E-state index contributed by atoms with van der Waals surface area (Å²) in [6.45, 7) is 8.95. The largest absolute Gasteiger partial charge is 0.370 e. The second-order valence-electron chi connectivity index (χ2n) is 6.49. The average molecular weight is 321 g/mol. The van der Waals surface area contributed by atoms with Crippen molar-refractivity contribution in [3.8, 4) is 5.69 Å². The van der Waals surface area contributed by atoms with E-state index < -0.39 is 0 Å². The van der Waals surface area contributed by atoms with Crippen LogP contribution in [0.25, 0.3) is 5.69 Å². The van der Waals surface area contributed by atoms with Crippen LogP contribution in [0.5, 0.6) is 0 Å². The normalized spacial score (nSPS) is 21.9. The van der Waals surface area contributed by atoms with E-state index in [4.69, 9.17) is 16.3 Å². The molecule has 2 aromatic rings. The molecular formula is C16H21ClN4O. The zero-order valence-corrected chi connectivity index (χ0v) is 13.9. The lowest BCUT2D eigenvalue weighted by atomic mass is 10.1. The summed E-state index contributed by atoms with van der Waals surface area (Å²) in [4.78, 5) is 2.37. The van der Waals surface area contributed by atoms with Crippen LogP contribution < -0.4 is 0 Å². The molecule has 0 N–H and O–H groups in total. The Kier molecular flexibility index (Phi) is 4.21. The van der Waals surface area contributed by atoms with Crippen molar-refractivity contribution < 1.29 is 4.74 Å². The lowest BCUT2D eigenvalue weighted by Gasteiger charge is -2.41. The number of nitrogens with zero attached hydrogens (tertiary/aromatic N) is 4. The van der Waals surface area contributed by atoms with Crippen LogP contribution in [0.2, 0.25) is 5.02 Å². The number of hydrogen-bond donors (Lipinski definition) is 0. The number of ether oxygens (including phenoxy) is 1. The van der Waals surface area contributed by atoms with Gasteiger partial charge in [0.2, 0.25) is 0 Å². The van der Waals surface area contributed by atoms with Gasteiger partial charge in [0, 0.05) is 24.7 Å². The Bertz CT molecular complexity index is 638. The van der Waals surface area contributed by atoms with E-state index in [1.54, 1.807) is 4.68 Å². The molecule has 3 rings (SSSR count). The highest BCUT2D eigenvalue weighted by Crippen LogP contribution is 2.22. The van der Waals surface area contributed by atoms with E-state index in [2.05, 4.69) is 36.0 Å². The molecule has 0 aliphatic carbocycles. The Morgan fingerprint density at radius 1 is 1.32 bits per heavy atom. The number of aromatic nitrogens is 3. The van der Waals surface area contributed by atoms with Crippen LogP contribution >= 0.6 is 11.6 Å². The van der Waals surface area contributed by atoms with Crippen molar-refractivity contribution in [3.63, 3.8) is 0 Å². The second kappa shape index (κ2) is 5.99. The number of rotatable bonds is 3. The second-order valence-corrected chi connectivity index (χ2v) is 6.93. The van der Waals surface area contributed by atoms with Crippen LogP contribution in [0.15, 0.2) is 30.5 Å². The third-order valence-corrected chi connectivity index (χ3v) is 3.91. The molecule has 0 bridgehead atoms. The fourth-order valence-electron chi connectivity index (χ4n) is 3.03. The Hall–Kier alpha value is -1.43. The monoisotopic (exact) mass is 320 g/mol. The van der Waals surface area contributed by atoms with Gasteiger partial charge in [0.15, 0.2) is 0 Å². The van der Waals surface area contributed by atoms with E-state index in [1.807, 2.05) is 30.5 Å². The van der Waals surface area contributed by atoms with Crippen LogP contribution in [0, 0.1) is 0 Å². The van der Waals surface area contributed by atoms with Crippen LogP contribution in [-0.4, -0.2) is 44.7 Å². The smallest absolute Gasteiger partial charge is 0.0971 e. The summed E-state index contributed by atoms with van der Waals surface area (Å²) in [7, 11) is 0. The minimum atomic E-state index is -0.121. The molecule has 6 heteroatoms. The third kappa shape index (κ3) is 3.66. The highest BCUT2D eigenvalue weighted by atomic mass is 35.5. The van der Waals surface area contributed by atoms with Gasteiger partial charge in [-0.05, 0) is 45.0 Å². The lowest BCUT2D eigenvalue weighted by molar-refractivity contribution is -0.130. The summed E-state index contributed by atoms with van der Waals surface area (Å²) in [5, 5.41) is 9.20. The van der Waals surface area contributed by atoms with Gasteiger partial charge in [0.05, 0.1) is 29.3 Å². The molecule has 1 atom stereocenters. The molecule has 1 aromatic carbocycles. The topological polar surface area (TPSA) is 43.2 Å². The van der Waals surface area contributed by atoms with Gasteiger partial charge in [-0.2, -0.15) is 0 Å². The maximum atomic E-state index is 5.93. The van der Waals surface area contributed by atoms with Gasteiger partial charge in [0.25, 0.3) is 0 Å². The Balaban J connectivity index is 1.70. The molecule has 1 aliphatic heterocycles. The van der Waals surface area contributed by atoms with Crippen LogP contribution in [0.4, 0.5) is 0 Å². The van der Waals surface area contributed by atoms with E-state index in [9.17, 15) is 0 Å². The maximum absolute atomic E-state index is 5.93. The Morgan fingerprint density at radius 3 is 2.73 bits per heavy atom. The maximum Gasteiger partial charge on any atom is 0.0971 e. The quantitative estimate of drug-likeness (QED) is 0.872. The molecule has 1 saturated heterocycles. The molecule has 0 spiro atoms. The van der Waals surface area contributed by atoms with E-state index in [0.717, 1.165) is 31.0 Å². The fraction of sp³-hybridized carbons (Fsp3) is 0.500. The van der Waals surface area contributed by atoms with Gasteiger partial charge < -0.3 is 4.74 Å². The molecule has 2 heterocycles. The van der Waals surface area contributed by atoms with Gasteiger partial charge in [-0.25, -0.2) is 4.68 Å². The first-order chi connectivity index (χ1) is 10.4. The molecule has 22 heavy (non-hydrogen) atoms. The summed E-state index contributed by atoms with van der Waals surface area (Å²) in [5.41, 5.74) is 1.79. The number of benzene rings is 1. The van der Waals surface area contributed by atoms with Gasteiger partial charge in [-0.15, -0.1) is 5.10 Å². The molecule has 0 amide bonds. The summed E-state index contributed by atoms with van der Waals surface area (Å²) in [6, 6.07) is 7.57. The van der Waals surface area contributed by atoms with Crippen LogP contribution in [0.1, 0.15) is 26.5 Å². The van der Waals surface area contributed by atoms with Gasteiger partial charge in [-0.3, -0.25) is 4.90 Å². The Labute approximate surface area is 135 Å². The average Bonchev–Trinajstić information content (AvgIpc) is 2.85. The lowest BCUT2D eigenvalue weighted by Crippen LogP contribution is -2.51. The fourth-order valence-corrected chi connectivity index (χ4v) is 3.15. The molecule has 118 valence electrons. The van der Waals surface area contributed by atoms with Crippen molar-refractivity contribution in [3.05, 3.63) is 41.2 Å². The molecule has 1 aromatic heterocycles. The summed E-state index contributed by atoms with van der Waals surface area (Å²) in [5.74, 6) is 0. The first kappa shape index (κ1) is 15.5. The van der Waals surface area contributed by atoms with E-state index >= 15 is 0 Å². The van der Waals surface area contributed by atoms with Crippen molar-refractivity contribution in [2.75, 3.05) is 13.1 Å². The standard InChI is InChI=1S/C16H21ClN4O/c1-12-8-20(11-16(2,3)22-12)9-14-10-21(19-18-14)15-6-4-13(17)5-7-15/h4-7,10,12H,8-9,11H2,1-3H3/t12-/m1/s1. The molecule has 0 saturated carbocycles. The molecule has 0 radical (unpaired) electrons. The Morgan fingerprint density at radius 2 is 2.05 bits per heavy atom. The van der Waals surface area contributed by atoms with Crippen molar-refractivity contribution in [1.82, 2.24) is 19.9 Å². The number of hydrogen-bond acceptors (Lipinski definition) is 4. The van der Waals surface area contributed by atoms with Crippen molar-refractivity contribution in [1.29, 1.82) is 0 Å². The molecular weight excluding hydrogens is 300 g/mol. The van der Waals surface area contributed by atoms with Crippen molar-refractivity contribution in [2.24, 2.45) is 0 Å². The van der Waals surface area contributed by atoms with Crippen LogP contribution in [-0.2, 0) is 11.3 Å². The summed E-state index contributed by atoms with van der Waals surface area (Å²) < 4.78 is 7.71. The van der Waals surface area contributed by atoms with Gasteiger partial charge in [-0.1, -0.05) is 16.8 Å². The van der Waals surface area contributed by atoms with Crippen molar-refractivity contribution >= 4 is 11.6 Å². The minimum absolute atomic E-state index is 0.121. The highest BCUT2D eigenvalue weighted by Gasteiger charge is 2.31. The molecule has 0 unspecified atom stereocenters. The first-order valence-electron chi connectivity index (χ1n) is 7.49. The first-order valence-corrected chi connectivity index (χ1v) is 7.86. The number of halogens is 1. The zero-order chi connectivity index (χ0) is 15.7. The molecule has 1 fully saturated rings. The predicted molar refractivity (Wildman–Crippen MR) is 86.3 cm³/mol. The van der Waals surface area contributed by atoms with Crippen LogP contribution in [0.3, 0.4) is 0 Å². The third-order valence-electron chi connectivity index (χ3n) is 3.66. The SMILES string of the molecule is C[C@@H]1CN(Cc2cn(-c3ccc(Cl)cc3)nn2)CC(C)(C)O1. The highest BCUT2D eigenvalue weighted by molar-refractivity contribution is 6.30. The predicted octanol–water partition coefficient (Wildman–Crippen LogP) is 2.92. The van der Waals surface area contributed by atoms with E-state index in [-0.39, 0.29) is 11.7 Å². The summed E-state index contributed by atoms with van der Waals surface area (Å²) in [6.07, 6.45) is 2.20. The van der Waals surface area contributed by atoms with E-state index in [1.165, 1.54) is 0 Å². The van der Waals surface area contributed by atoms with Crippen molar-refractivity contribution in [2.45, 2.75) is 39.0 Å². The van der Waals surface area contributed by atoms with E-state index in [0.29, 0.717) is 5.02 Å². The van der Waals surface area contributed by atoms with Gasteiger partial charge in [0.1, 0.15) is 0 Å². The minimum Gasteiger partial charge on any atom is -0.370 e. The summed E-state index contributed by atoms with van der Waals surface area (Å²) >= 11 is 5.91. The van der Waals surface area contributed by atoms with Gasteiger partial charge >= 0.3 is 0 Å². The molecule has 5 nitrogen and oxygen atoms in total. The molecule has 1 aliphatic rings. The zero-order valence-electron chi connectivity index (χ0n) is 13.2. The number of morpholine rings is 1.